The predicted molar refractivity (Wildman–Crippen MR) is 104 cm³/mol. The molecule has 1 aromatic carbocycles. The third-order valence-corrected chi connectivity index (χ3v) is 5.73. The van der Waals surface area contributed by atoms with Crippen LogP contribution in [0.3, 0.4) is 0 Å². The van der Waals surface area contributed by atoms with E-state index in [9.17, 15) is 13.6 Å². The monoisotopic (exact) mass is 402 g/mol. The van der Waals surface area contributed by atoms with E-state index in [0.717, 1.165) is 23.7 Å². The Kier molecular flexibility index (Phi) is 5.21. The lowest BCUT2D eigenvalue weighted by molar-refractivity contribution is -0.140. The quantitative estimate of drug-likeness (QED) is 0.790. The van der Waals surface area contributed by atoms with Crippen LogP contribution in [0.15, 0.2) is 24.4 Å². The minimum Gasteiger partial charge on any atom is -0.368 e. The van der Waals surface area contributed by atoms with E-state index in [1.807, 2.05) is 25.2 Å². The van der Waals surface area contributed by atoms with E-state index in [0.29, 0.717) is 38.5 Å². The number of halogens is 2. The average molecular weight is 402 g/mol. The molecule has 8 heteroatoms. The van der Waals surface area contributed by atoms with E-state index in [-0.39, 0.29) is 17.9 Å². The molecule has 0 saturated carbocycles. The van der Waals surface area contributed by atoms with Gasteiger partial charge in [0.2, 0.25) is 11.9 Å². The van der Waals surface area contributed by atoms with Gasteiger partial charge in [0, 0.05) is 38.9 Å². The summed E-state index contributed by atoms with van der Waals surface area (Å²) >= 11 is 0. The highest BCUT2D eigenvalue weighted by Crippen LogP contribution is 2.40. The summed E-state index contributed by atoms with van der Waals surface area (Å²) in [4.78, 5) is 25.4. The molecule has 3 heterocycles. The largest absolute Gasteiger partial charge is 0.368 e. The van der Waals surface area contributed by atoms with Gasteiger partial charge in [0.25, 0.3) is 0 Å². The molecule has 0 bridgehead atoms. The third kappa shape index (κ3) is 3.69. The van der Waals surface area contributed by atoms with Crippen molar-refractivity contribution in [3.8, 4) is 0 Å². The van der Waals surface area contributed by atoms with Gasteiger partial charge in [-0.3, -0.25) is 4.79 Å². The lowest BCUT2D eigenvalue weighted by atomic mass is 9.83. The zero-order valence-electron chi connectivity index (χ0n) is 16.6. The maximum Gasteiger partial charge on any atom is 0.227 e. The normalized spacial score (nSPS) is 17.9. The van der Waals surface area contributed by atoms with Gasteiger partial charge in [-0.05, 0) is 30.9 Å². The maximum absolute atomic E-state index is 13.9. The molecule has 6 nitrogen and oxygen atoms in total. The number of ether oxygens (including phenoxy) is 1. The summed E-state index contributed by atoms with van der Waals surface area (Å²) in [5, 5.41) is 0. The zero-order valence-corrected chi connectivity index (χ0v) is 16.6. The van der Waals surface area contributed by atoms with Crippen molar-refractivity contribution in [3.05, 3.63) is 52.9 Å². The molecule has 2 aliphatic rings. The van der Waals surface area contributed by atoms with Crippen LogP contribution < -0.4 is 4.90 Å². The van der Waals surface area contributed by atoms with Gasteiger partial charge in [0.05, 0.1) is 18.7 Å². The van der Waals surface area contributed by atoms with E-state index in [4.69, 9.17) is 9.72 Å². The molecule has 1 amide bonds. The van der Waals surface area contributed by atoms with Crippen LogP contribution in [0.2, 0.25) is 0 Å². The Morgan fingerprint density at radius 1 is 1.28 bits per heavy atom. The predicted octanol–water partition coefficient (Wildman–Crippen LogP) is 2.45. The van der Waals surface area contributed by atoms with Crippen molar-refractivity contribution in [1.82, 2.24) is 14.9 Å². The molecule has 0 aliphatic carbocycles. The van der Waals surface area contributed by atoms with Crippen molar-refractivity contribution >= 4 is 11.9 Å². The summed E-state index contributed by atoms with van der Waals surface area (Å²) in [6, 6.07) is 3.92. The van der Waals surface area contributed by atoms with Crippen LogP contribution in [0.25, 0.3) is 0 Å². The van der Waals surface area contributed by atoms with Crippen molar-refractivity contribution in [2.24, 2.45) is 0 Å². The number of amides is 1. The van der Waals surface area contributed by atoms with E-state index >= 15 is 0 Å². The van der Waals surface area contributed by atoms with Gasteiger partial charge in [-0.25, -0.2) is 18.7 Å². The van der Waals surface area contributed by atoms with Crippen molar-refractivity contribution in [3.63, 3.8) is 0 Å². The SMILES string of the molecule is CN(C)c1ncc2c(n1)C1(CCN(C(=O)Cc3cccc(F)c3F)CC1)OCC2. The number of carbonyl (C=O) groups is 1. The average Bonchev–Trinajstić information content (AvgIpc) is 2.72. The first-order valence-electron chi connectivity index (χ1n) is 9.78. The van der Waals surface area contributed by atoms with E-state index in [1.165, 1.54) is 12.1 Å². The van der Waals surface area contributed by atoms with Crippen molar-refractivity contribution < 1.29 is 18.3 Å². The second-order valence-electron chi connectivity index (χ2n) is 7.80. The lowest BCUT2D eigenvalue weighted by Gasteiger charge is -2.44. The minimum absolute atomic E-state index is 0.0814. The Hall–Kier alpha value is -2.61. The number of hydrogen-bond acceptors (Lipinski definition) is 5. The molecule has 1 spiro atoms. The van der Waals surface area contributed by atoms with E-state index in [2.05, 4.69) is 4.98 Å². The minimum atomic E-state index is -0.952. The fraction of sp³-hybridized carbons (Fsp3) is 0.476. The Labute approximate surface area is 168 Å². The molecule has 4 rings (SSSR count). The number of aromatic nitrogens is 2. The zero-order chi connectivity index (χ0) is 20.6. The molecule has 0 unspecified atom stereocenters. The number of nitrogens with zero attached hydrogens (tertiary/aromatic N) is 4. The number of piperidine rings is 1. The highest BCUT2D eigenvalue weighted by atomic mass is 19.2. The summed E-state index contributed by atoms with van der Waals surface area (Å²) in [6.07, 6.45) is 3.71. The third-order valence-electron chi connectivity index (χ3n) is 5.73. The van der Waals surface area contributed by atoms with Crippen molar-refractivity contribution in [1.29, 1.82) is 0 Å². The smallest absolute Gasteiger partial charge is 0.227 e. The maximum atomic E-state index is 13.9. The van der Waals surface area contributed by atoms with Crippen LogP contribution in [0.5, 0.6) is 0 Å². The van der Waals surface area contributed by atoms with E-state index < -0.39 is 17.2 Å². The van der Waals surface area contributed by atoms with Crippen LogP contribution in [-0.4, -0.2) is 54.6 Å². The van der Waals surface area contributed by atoms with Crippen LogP contribution in [0.4, 0.5) is 14.7 Å². The van der Waals surface area contributed by atoms with Gasteiger partial charge in [-0.15, -0.1) is 0 Å². The van der Waals surface area contributed by atoms with Gasteiger partial charge in [0.1, 0.15) is 5.60 Å². The second kappa shape index (κ2) is 7.67. The topological polar surface area (TPSA) is 58.6 Å². The molecular weight excluding hydrogens is 378 g/mol. The lowest BCUT2D eigenvalue weighted by Crippen LogP contribution is -2.49. The summed E-state index contributed by atoms with van der Waals surface area (Å²) in [5.74, 6) is -1.46. The van der Waals surface area contributed by atoms with Gasteiger partial charge in [-0.2, -0.15) is 0 Å². The molecule has 1 fully saturated rings. The van der Waals surface area contributed by atoms with Crippen LogP contribution in [-0.2, 0) is 28.0 Å². The molecule has 0 N–H and O–H groups in total. The molecule has 2 aliphatic heterocycles. The Bertz CT molecular complexity index is 927. The summed E-state index contributed by atoms with van der Waals surface area (Å²) < 4.78 is 33.5. The number of carbonyl (C=O) groups excluding carboxylic acids is 1. The molecule has 29 heavy (non-hydrogen) atoms. The van der Waals surface area contributed by atoms with Gasteiger partial charge in [-0.1, -0.05) is 12.1 Å². The molecular formula is C21H24F2N4O2. The number of anilines is 1. The first-order chi connectivity index (χ1) is 13.9. The van der Waals surface area contributed by atoms with Gasteiger partial charge in [0.15, 0.2) is 11.6 Å². The summed E-state index contributed by atoms with van der Waals surface area (Å²) in [6.45, 7) is 1.56. The van der Waals surface area contributed by atoms with Crippen LogP contribution in [0, 0.1) is 11.6 Å². The Morgan fingerprint density at radius 2 is 2.03 bits per heavy atom. The molecule has 1 saturated heterocycles. The number of hydrogen-bond donors (Lipinski definition) is 0. The number of fused-ring (bicyclic) bond motifs is 2. The highest BCUT2D eigenvalue weighted by Gasteiger charge is 2.43. The first-order valence-corrected chi connectivity index (χ1v) is 9.78. The molecule has 0 radical (unpaired) electrons. The fourth-order valence-electron chi connectivity index (χ4n) is 4.07. The molecule has 1 aromatic heterocycles. The molecule has 2 aromatic rings. The standard InChI is InChI=1S/C21H24F2N4O2/c1-26(2)20-24-13-15-6-11-29-21(19(15)25-20)7-9-27(10-8-21)17(28)12-14-4-3-5-16(22)18(14)23/h3-5,13H,6-12H2,1-2H3. The fourth-order valence-corrected chi connectivity index (χ4v) is 4.07. The van der Waals surface area contributed by atoms with Gasteiger partial charge < -0.3 is 14.5 Å². The van der Waals surface area contributed by atoms with Crippen LogP contribution >= 0.6 is 0 Å². The second-order valence-corrected chi connectivity index (χ2v) is 7.80. The van der Waals surface area contributed by atoms with Gasteiger partial charge >= 0.3 is 0 Å². The molecule has 154 valence electrons. The van der Waals surface area contributed by atoms with Crippen LogP contribution in [0.1, 0.15) is 29.7 Å². The Balaban J connectivity index is 1.49. The number of benzene rings is 1. The van der Waals surface area contributed by atoms with Crippen molar-refractivity contribution in [2.45, 2.75) is 31.3 Å². The van der Waals surface area contributed by atoms with Crippen molar-refractivity contribution in [2.75, 3.05) is 38.7 Å². The van der Waals surface area contributed by atoms with E-state index in [1.54, 1.807) is 4.90 Å². The summed E-state index contributed by atoms with van der Waals surface area (Å²) in [5.41, 5.74) is 1.55. The molecule has 0 atom stereocenters. The number of likely N-dealkylation sites (tertiary alicyclic amines) is 1. The Morgan fingerprint density at radius 3 is 2.76 bits per heavy atom. The highest BCUT2D eigenvalue weighted by molar-refractivity contribution is 5.79. The number of rotatable bonds is 3. The first kappa shape index (κ1) is 19.7. The summed E-state index contributed by atoms with van der Waals surface area (Å²) in [7, 11) is 3.79.